The first-order chi connectivity index (χ1) is 7.78. The molecule has 0 bridgehead atoms. The minimum absolute atomic E-state index is 0.0454. The van der Waals surface area contributed by atoms with Gasteiger partial charge in [0.2, 0.25) is 0 Å². The van der Waals surface area contributed by atoms with Crippen molar-refractivity contribution < 1.29 is 9.52 Å². The third-order valence-corrected chi connectivity index (χ3v) is 2.95. The fourth-order valence-electron chi connectivity index (χ4n) is 1.48. The average molecular weight is 238 g/mol. The van der Waals surface area contributed by atoms with Gasteiger partial charge in [0.25, 0.3) is 0 Å². The lowest BCUT2D eigenvalue weighted by atomic mass is 10.4. The van der Waals surface area contributed by atoms with Gasteiger partial charge in [-0.05, 0) is 19.2 Å². The molecule has 2 aromatic rings. The lowest BCUT2D eigenvalue weighted by Gasteiger charge is -2.12. The predicted molar refractivity (Wildman–Crippen MR) is 61.9 cm³/mol. The van der Waals surface area contributed by atoms with Gasteiger partial charge in [0.05, 0.1) is 13.1 Å². The molecule has 0 amide bonds. The molecule has 0 saturated carbocycles. The normalized spacial score (nSPS) is 11.2. The van der Waals surface area contributed by atoms with Crippen LogP contribution in [0.25, 0.3) is 0 Å². The molecule has 86 valence electrons. The van der Waals surface area contributed by atoms with Crippen molar-refractivity contribution in [3.63, 3.8) is 0 Å². The van der Waals surface area contributed by atoms with Crippen LogP contribution < -0.4 is 0 Å². The zero-order chi connectivity index (χ0) is 11.4. The molecule has 0 aliphatic rings. The van der Waals surface area contributed by atoms with Crippen LogP contribution in [0, 0.1) is 0 Å². The van der Waals surface area contributed by atoms with Crippen LogP contribution in [0.5, 0.6) is 0 Å². The largest absolute Gasteiger partial charge is 0.462 e. The maximum atomic E-state index is 8.88. The summed E-state index contributed by atoms with van der Waals surface area (Å²) < 4.78 is 5.41. The highest BCUT2D eigenvalue weighted by molar-refractivity contribution is 7.09. The smallest absolute Gasteiger partial charge is 0.129 e. The van der Waals surface area contributed by atoms with Crippen LogP contribution in [0.1, 0.15) is 16.5 Å². The maximum absolute atomic E-state index is 8.88. The summed E-state index contributed by atoms with van der Waals surface area (Å²) in [5.41, 5.74) is 0. The molecule has 0 unspecified atom stereocenters. The minimum Gasteiger partial charge on any atom is -0.462 e. The number of aromatic nitrogens is 1. The zero-order valence-electron chi connectivity index (χ0n) is 9.09. The van der Waals surface area contributed by atoms with Crippen molar-refractivity contribution >= 4 is 11.3 Å². The maximum Gasteiger partial charge on any atom is 0.129 e. The van der Waals surface area contributed by atoms with Crippen molar-refractivity contribution in [2.24, 2.45) is 0 Å². The van der Waals surface area contributed by atoms with Gasteiger partial charge in [-0.15, -0.1) is 11.3 Å². The van der Waals surface area contributed by atoms with E-state index in [1.165, 1.54) is 0 Å². The number of aliphatic hydroxyl groups is 1. The second-order valence-corrected chi connectivity index (χ2v) is 4.60. The van der Waals surface area contributed by atoms with Gasteiger partial charge in [0, 0.05) is 11.6 Å². The Morgan fingerprint density at radius 2 is 2.19 bits per heavy atom. The van der Waals surface area contributed by atoms with Gasteiger partial charge in [0.1, 0.15) is 23.1 Å². The van der Waals surface area contributed by atoms with Gasteiger partial charge in [0.15, 0.2) is 0 Å². The molecule has 0 saturated heterocycles. The van der Waals surface area contributed by atoms with E-state index >= 15 is 0 Å². The number of hydrogen-bond acceptors (Lipinski definition) is 5. The van der Waals surface area contributed by atoms with Gasteiger partial charge >= 0.3 is 0 Å². The molecule has 0 aliphatic heterocycles. The third kappa shape index (κ3) is 2.91. The SMILES string of the molecule is CN(Cc1ccc(CO)o1)Cc1nccs1. The lowest BCUT2D eigenvalue weighted by Crippen LogP contribution is -2.16. The number of hydrogen-bond donors (Lipinski definition) is 1. The summed E-state index contributed by atoms with van der Waals surface area (Å²) in [6, 6.07) is 3.69. The van der Waals surface area contributed by atoms with Crippen molar-refractivity contribution in [2.45, 2.75) is 19.7 Å². The van der Waals surface area contributed by atoms with E-state index in [1.807, 2.05) is 24.7 Å². The quantitative estimate of drug-likeness (QED) is 0.863. The van der Waals surface area contributed by atoms with Crippen LogP contribution in [-0.4, -0.2) is 22.0 Å². The van der Waals surface area contributed by atoms with Crippen molar-refractivity contribution in [3.05, 3.63) is 40.2 Å². The molecular formula is C11H14N2O2S. The van der Waals surface area contributed by atoms with E-state index in [0.29, 0.717) is 5.76 Å². The van der Waals surface area contributed by atoms with E-state index in [-0.39, 0.29) is 6.61 Å². The Balaban J connectivity index is 1.89. The van der Waals surface area contributed by atoms with Gasteiger partial charge < -0.3 is 9.52 Å². The summed E-state index contributed by atoms with van der Waals surface area (Å²) in [6.07, 6.45) is 1.81. The first kappa shape index (κ1) is 11.3. The Morgan fingerprint density at radius 1 is 1.38 bits per heavy atom. The summed E-state index contributed by atoms with van der Waals surface area (Å²) in [5.74, 6) is 1.47. The number of thiazole rings is 1. The second-order valence-electron chi connectivity index (χ2n) is 3.62. The lowest BCUT2D eigenvalue weighted by molar-refractivity contribution is 0.231. The van der Waals surface area contributed by atoms with Crippen molar-refractivity contribution in [3.8, 4) is 0 Å². The van der Waals surface area contributed by atoms with E-state index in [0.717, 1.165) is 23.9 Å². The van der Waals surface area contributed by atoms with Crippen molar-refractivity contribution in [1.82, 2.24) is 9.88 Å². The Morgan fingerprint density at radius 3 is 2.81 bits per heavy atom. The first-order valence-electron chi connectivity index (χ1n) is 5.03. The molecule has 0 fully saturated rings. The molecule has 5 heteroatoms. The highest BCUT2D eigenvalue weighted by Gasteiger charge is 2.06. The summed E-state index contributed by atoms with van der Waals surface area (Å²) in [7, 11) is 2.02. The number of rotatable bonds is 5. The van der Waals surface area contributed by atoms with Crippen LogP contribution in [0.15, 0.2) is 28.1 Å². The van der Waals surface area contributed by atoms with Crippen LogP contribution in [0.3, 0.4) is 0 Å². The average Bonchev–Trinajstić information content (AvgIpc) is 2.89. The van der Waals surface area contributed by atoms with E-state index in [2.05, 4.69) is 9.88 Å². The van der Waals surface area contributed by atoms with Gasteiger partial charge in [-0.2, -0.15) is 0 Å². The van der Waals surface area contributed by atoms with Gasteiger partial charge in [-0.1, -0.05) is 0 Å². The highest BCUT2D eigenvalue weighted by atomic mass is 32.1. The van der Waals surface area contributed by atoms with Gasteiger partial charge in [-0.3, -0.25) is 4.90 Å². The van der Waals surface area contributed by atoms with Crippen LogP contribution >= 0.6 is 11.3 Å². The Bertz CT molecular complexity index is 425. The number of aliphatic hydroxyl groups excluding tert-OH is 1. The predicted octanol–water partition coefficient (Wildman–Crippen LogP) is 1.86. The molecule has 0 radical (unpaired) electrons. The molecule has 1 N–H and O–H groups in total. The van der Waals surface area contributed by atoms with Crippen LogP contribution in [0.4, 0.5) is 0 Å². The Labute approximate surface area is 98.2 Å². The zero-order valence-corrected chi connectivity index (χ0v) is 9.91. The molecule has 0 spiro atoms. The standard InChI is InChI=1S/C11H14N2O2S/c1-13(7-11-12-4-5-16-11)6-9-2-3-10(8-14)15-9/h2-5,14H,6-8H2,1H3. The molecule has 0 aliphatic carbocycles. The van der Waals surface area contributed by atoms with Crippen LogP contribution in [0.2, 0.25) is 0 Å². The number of furan rings is 1. The Kier molecular flexibility index (Phi) is 3.71. The third-order valence-electron chi connectivity index (χ3n) is 2.19. The van der Waals surface area contributed by atoms with Crippen molar-refractivity contribution in [1.29, 1.82) is 0 Å². The molecule has 0 aromatic carbocycles. The van der Waals surface area contributed by atoms with E-state index < -0.39 is 0 Å². The topological polar surface area (TPSA) is 49.5 Å². The fourth-order valence-corrected chi connectivity index (χ4v) is 2.17. The van der Waals surface area contributed by atoms with Crippen LogP contribution in [-0.2, 0) is 19.7 Å². The first-order valence-corrected chi connectivity index (χ1v) is 5.91. The summed E-state index contributed by atoms with van der Waals surface area (Å²) in [5, 5.41) is 11.9. The molecule has 0 atom stereocenters. The Hall–Kier alpha value is -1.17. The monoisotopic (exact) mass is 238 g/mol. The van der Waals surface area contributed by atoms with E-state index in [1.54, 1.807) is 17.4 Å². The molecule has 2 aromatic heterocycles. The molecule has 16 heavy (non-hydrogen) atoms. The number of nitrogens with zero attached hydrogens (tertiary/aromatic N) is 2. The fraction of sp³-hybridized carbons (Fsp3) is 0.364. The summed E-state index contributed by atoms with van der Waals surface area (Å²) in [4.78, 5) is 6.35. The minimum atomic E-state index is -0.0454. The molecular weight excluding hydrogens is 224 g/mol. The molecule has 2 rings (SSSR count). The summed E-state index contributed by atoms with van der Waals surface area (Å²) >= 11 is 1.65. The summed E-state index contributed by atoms with van der Waals surface area (Å²) in [6.45, 7) is 1.49. The van der Waals surface area contributed by atoms with Gasteiger partial charge in [-0.25, -0.2) is 4.98 Å². The van der Waals surface area contributed by atoms with Crippen molar-refractivity contribution in [2.75, 3.05) is 7.05 Å². The molecule has 2 heterocycles. The van der Waals surface area contributed by atoms with E-state index in [9.17, 15) is 0 Å². The second kappa shape index (κ2) is 5.25. The molecule has 4 nitrogen and oxygen atoms in total. The van der Waals surface area contributed by atoms with E-state index in [4.69, 9.17) is 9.52 Å². The highest BCUT2D eigenvalue weighted by Crippen LogP contribution is 2.12.